The molecule has 0 bridgehead atoms. The molecule has 3 aromatic rings. The maximum atomic E-state index is 14.0. The van der Waals surface area contributed by atoms with Gasteiger partial charge in [-0.15, -0.1) is 0 Å². The molecule has 0 aliphatic carbocycles. The van der Waals surface area contributed by atoms with Crippen molar-refractivity contribution < 1.29 is 23.0 Å². The van der Waals surface area contributed by atoms with Crippen LogP contribution in [0.2, 0.25) is 0 Å². The summed E-state index contributed by atoms with van der Waals surface area (Å²) in [6, 6.07) is 6.13. The number of rotatable bonds is 5. The lowest BCUT2D eigenvalue weighted by atomic mass is 10.1. The number of anilines is 2. The van der Waals surface area contributed by atoms with E-state index in [0.29, 0.717) is 22.4 Å². The van der Waals surface area contributed by atoms with Crippen LogP contribution in [0, 0.1) is 11.6 Å². The molecule has 0 atom stereocenters. The second-order valence-electron chi connectivity index (χ2n) is 5.38. The highest BCUT2D eigenvalue weighted by molar-refractivity contribution is 6.08. The number of hydrogen-bond donors (Lipinski definition) is 2. The Kier molecular flexibility index (Phi) is 4.57. The molecule has 3 rings (SSSR count). The Morgan fingerprint density at radius 1 is 1.12 bits per heavy atom. The van der Waals surface area contributed by atoms with Gasteiger partial charge in [-0.1, -0.05) is 0 Å². The maximum Gasteiger partial charge on any atom is 0.252 e. The lowest BCUT2D eigenvalue weighted by Crippen LogP contribution is -2.14. The number of ether oxygens (including phenoxy) is 2. The fraction of sp³-hybridized carbons (Fsp3) is 0.111. The summed E-state index contributed by atoms with van der Waals surface area (Å²) in [6.45, 7) is 0. The standard InChI is InChI=1S/C18H15F2N3O3/c1-25-15-6-10-13(7-16(15)26-2)22-8-11(18(21)24)17(10)23-14-5-9(19)3-4-12(14)20/h3-8H,1-2H3,(H2,21,24)(H,22,23). The normalized spacial score (nSPS) is 10.6. The van der Waals surface area contributed by atoms with Gasteiger partial charge in [0, 0.05) is 23.7 Å². The van der Waals surface area contributed by atoms with Gasteiger partial charge >= 0.3 is 0 Å². The Labute approximate surface area is 147 Å². The highest BCUT2D eigenvalue weighted by Crippen LogP contribution is 2.37. The highest BCUT2D eigenvalue weighted by Gasteiger charge is 2.18. The minimum Gasteiger partial charge on any atom is -0.493 e. The average molecular weight is 359 g/mol. The van der Waals surface area contributed by atoms with Crippen molar-refractivity contribution in [2.24, 2.45) is 5.73 Å². The molecular formula is C18H15F2N3O3. The van der Waals surface area contributed by atoms with E-state index in [2.05, 4.69) is 10.3 Å². The molecule has 1 heterocycles. The Bertz CT molecular complexity index is 1010. The molecule has 2 aromatic carbocycles. The summed E-state index contributed by atoms with van der Waals surface area (Å²) in [5.74, 6) is -1.28. The van der Waals surface area contributed by atoms with Crippen LogP contribution in [0.3, 0.4) is 0 Å². The number of aromatic nitrogens is 1. The predicted molar refractivity (Wildman–Crippen MR) is 93.0 cm³/mol. The molecule has 0 spiro atoms. The highest BCUT2D eigenvalue weighted by atomic mass is 19.1. The van der Waals surface area contributed by atoms with E-state index in [-0.39, 0.29) is 16.9 Å². The molecule has 8 heteroatoms. The van der Waals surface area contributed by atoms with Gasteiger partial charge in [-0.2, -0.15) is 0 Å². The first kappa shape index (κ1) is 17.4. The van der Waals surface area contributed by atoms with Crippen molar-refractivity contribution in [3.63, 3.8) is 0 Å². The third-order valence-electron chi connectivity index (χ3n) is 3.83. The van der Waals surface area contributed by atoms with E-state index in [1.807, 2.05) is 0 Å². The summed E-state index contributed by atoms with van der Waals surface area (Å²) in [7, 11) is 2.93. The number of halogens is 2. The minimum atomic E-state index is -0.770. The van der Waals surface area contributed by atoms with E-state index in [9.17, 15) is 13.6 Å². The van der Waals surface area contributed by atoms with Crippen molar-refractivity contribution in [1.82, 2.24) is 4.98 Å². The second kappa shape index (κ2) is 6.83. The SMILES string of the molecule is COc1cc2ncc(C(N)=O)c(Nc3cc(F)ccc3F)c2cc1OC. The second-order valence-corrected chi connectivity index (χ2v) is 5.38. The van der Waals surface area contributed by atoms with Gasteiger partial charge in [-0.05, 0) is 18.2 Å². The van der Waals surface area contributed by atoms with Crippen LogP contribution in [0.25, 0.3) is 10.9 Å². The van der Waals surface area contributed by atoms with Crippen molar-refractivity contribution in [3.8, 4) is 11.5 Å². The maximum absolute atomic E-state index is 14.0. The average Bonchev–Trinajstić information content (AvgIpc) is 2.63. The van der Waals surface area contributed by atoms with Crippen LogP contribution in [0.5, 0.6) is 11.5 Å². The fourth-order valence-corrected chi connectivity index (χ4v) is 2.57. The number of pyridine rings is 1. The Morgan fingerprint density at radius 2 is 1.81 bits per heavy atom. The predicted octanol–water partition coefficient (Wildman–Crippen LogP) is 3.37. The third-order valence-corrected chi connectivity index (χ3v) is 3.83. The number of nitrogens with zero attached hydrogens (tertiary/aromatic N) is 1. The third kappa shape index (κ3) is 3.08. The number of carbonyl (C=O) groups is 1. The summed E-state index contributed by atoms with van der Waals surface area (Å²) in [4.78, 5) is 16.0. The van der Waals surface area contributed by atoms with Crippen molar-refractivity contribution in [3.05, 3.63) is 53.7 Å². The molecule has 3 N–H and O–H groups in total. The monoisotopic (exact) mass is 359 g/mol. The molecule has 0 saturated heterocycles. The summed E-state index contributed by atoms with van der Waals surface area (Å²) in [5.41, 5.74) is 5.93. The lowest BCUT2D eigenvalue weighted by molar-refractivity contribution is 0.100. The van der Waals surface area contributed by atoms with Crippen molar-refractivity contribution in [1.29, 1.82) is 0 Å². The lowest BCUT2D eigenvalue weighted by Gasteiger charge is -2.16. The summed E-state index contributed by atoms with van der Waals surface area (Å²) in [5, 5.41) is 3.18. The zero-order chi connectivity index (χ0) is 18.8. The molecule has 26 heavy (non-hydrogen) atoms. The van der Waals surface area contributed by atoms with Gasteiger partial charge in [0.15, 0.2) is 11.5 Å². The van der Waals surface area contributed by atoms with Crippen LogP contribution in [-0.4, -0.2) is 25.1 Å². The van der Waals surface area contributed by atoms with Crippen LogP contribution in [-0.2, 0) is 0 Å². The van der Waals surface area contributed by atoms with Crippen LogP contribution in [0.4, 0.5) is 20.2 Å². The number of benzene rings is 2. The Balaban J connectivity index is 2.27. The number of fused-ring (bicyclic) bond motifs is 1. The number of nitrogens with two attached hydrogens (primary N) is 1. The first-order chi connectivity index (χ1) is 12.4. The number of primary amides is 1. The number of methoxy groups -OCH3 is 2. The van der Waals surface area contributed by atoms with E-state index in [1.54, 1.807) is 12.1 Å². The topological polar surface area (TPSA) is 86.5 Å². The molecular weight excluding hydrogens is 344 g/mol. The van der Waals surface area contributed by atoms with E-state index >= 15 is 0 Å². The summed E-state index contributed by atoms with van der Waals surface area (Å²) in [6.07, 6.45) is 1.26. The van der Waals surface area contributed by atoms with E-state index in [0.717, 1.165) is 18.2 Å². The molecule has 0 fully saturated rings. The molecule has 134 valence electrons. The van der Waals surface area contributed by atoms with E-state index in [1.165, 1.54) is 20.4 Å². The van der Waals surface area contributed by atoms with Gasteiger partial charge in [-0.3, -0.25) is 9.78 Å². The van der Waals surface area contributed by atoms with Crippen molar-refractivity contribution in [2.45, 2.75) is 0 Å². The smallest absolute Gasteiger partial charge is 0.252 e. The molecule has 0 aliphatic heterocycles. The van der Waals surface area contributed by atoms with Crippen LogP contribution in [0.15, 0.2) is 36.5 Å². The molecule has 0 unspecified atom stereocenters. The molecule has 6 nitrogen and oxygen atoms in total. The number of hydrogen-bond acceptors (Lipinski definition) is 5. The van der Waals surface area contributed by atoms with Crippen molar-refractivity contribution >= 4 is 28.2 Å². The molecule has 0 radical (unpaired) electrons. The Hall–Kier alpha value is -3.42. The summed E-state index contributed by atoms with van der Waals surface area (Å²) >= 11 is 0. The van der Waals surface area contributed by atoms with E-state index in [4.69, 9.17) is 15.2 Å². The van der Waals surface area contributed by atoms with Gasteiger partial charge < -0.3 is 20.5 Å². The quantitative estimate of drug-likeness (QED) is 0.729. The minimum absolute atomic E-state index is 0.0216. The van der Waals surface area contributed by atoms with Gasteiger partial charge in [0.2, 0.25) is 0 Å². The summed E-state index contributed by atoms with van der Waals surface area (Å²) < 4.78 is 38.0. The number of carbonyl (C=O) groups excluding carboxylic acids is 1. The first-order valence-electron chi connectivity index (χ1n) is 7.51. The number of nitrogens with one attached hydrogen (secondary N) is 1. The molecule has 1 amide bonds. The van der Waals surface area contributed by atoms with Gasteiger partial charge in [0.1, 0.15) is 11.6 Å². The van der Waals surface area contributed by atoms with Gasteiger partial charge in [-0.25, -0.2) is 8.78 Å². The zero-order valence-electron chi connectivity index (χ0n) is 14.0. The van der Waals surface area contributed by atoms with Crippen LogP contribution < -0.4 is 20.5 Å². The Morgan fingerprint density at radius 3 is 2.46 bits per heavy atom. The first-order valence-corrected chi connectivity index (χ1v) is 7.51. The molecule has 1 aromatic heterocycles. The van der Waals surface area contributed by atoms with Gasteiger partial charge in [0.25, 0.3) is 5.91 Å². The van der Waals surface area contributed by atoms with Crippen LogP contribution in [0.1, 0.15) is 10.4 Å². The van der Waals surface area contributed by atoms with Crippen molar-refractivity contribution in [2.75, 3.05) is 19.5 Å². The fourth-order valence-electron chi connectivity index (χ4n) is 2.57. The molecule has 0 saturated carbocycles. The molecule has 0 aliphatic rings. The number of amides is 1. The van der Waals surface area contributed by atoms with E-state index < -0.39 is 17.5 Å². The van der Waals surface area contributed by atoms with Crippen LogP contribution >= 0.6 is 0 Å². The zero-order valence-corrected chi connectivity index (χ0v) is 14.0. The van der Waals surface area contributed by atoms with Gasteiger partial charge in [0.05, 0.1) is 36.7 Å². The largest absolute Gasteiger partial charge is 0.493 e.